The molecule has 0 aromatic heterocycles. The first-order valence-electron chi connectivity index (χ1n) is 9.78. The molecule has 1 amide bonds. The van der Waals surface area contributed by atoms with Crippen LogP contribution >= 0.6 is 34.8 Å². The maximum atomic E-state index is 13.1. The van der Waals surface area contributed by atoms with E-state index in [2.05, 4.69) is 0 Å². The Balaban J connectivity index is 1.82. The van der Waals surface area contributed by atoms with Crippen LogP contribution in [0.5, 0.6) is 0 Å². The van der Waals surface area contributed by atoms with Crippen LogP contribution in [0.1, 0.15) is 34.9 Å². The average Bonchev–Trinajstić information content (AvgIpc) is 2.78. The van der Waals surface area contributed by atoms with Gasteiger partial charge in [-0.15, -0.1) is 0 Å². The molecule has 1 N–H and O–H groups in total. The first-order chi connectivity index (χ1) is 15.0. The summed E-state index contributed by atoms with van der Waals surface area (Å²) in [5.41, 5.74) is 2.52. The largest absolute Gasteiger partial charge is 0.394 e. The molecule has 1 heterocycles. The summed E-state index contributed by atoms with van der Waals surface area (Å²) in [7, 11) is 0. The van der Waals surface area contributed by atoms with Gasteiger partial charge in [0.1, 0.15) is 12.7 Å². The molecule has 0 radical (unpaired) electrons. The number of aliphatic hydroxyl groups excluding tert-OH is 1. The van der Waals surface area contributed by atoms with Crippen molar-refractivity contribution in [2.45, 2.75) is 18.2 Å². The molecular formula is C24H20Cl3NO3. The Morgan fingerprint density at radius 1 is 0.839 bits per heavy atom. The summed E-state index contributed by atoms with van der Waals surface area (Å²) in [6, 6.07) is 20.8. The van der Waals surface area contributed by atoms with E-state index in [-0.39, 0.29) is 19.1 Å². The summed E-state index contributed by atoms with van der Waals surface area (Å²) < 4.78 is 6.02. The zero-order chi connectivity index (χ0) is 22.0. The highest BCUT2D eigenvalue weighted by Crippen LogP contribution is 2.44. The molecule has 3 aromatic rings. The van der Waals surface area contributed by atoms with E-state index in [1.54, 1.807) is 41.3 Å². The Hall–Kier alpha value is -2.08. The van der Waals surface area contributed by atoms with Crippen LogP contribution in [0.3, 0.4) is 0 Å². The molecule has 0 aliphatic carbocycles. The molecule has 7 heteroatoms. The fraction of sp³-hybridized carbons (Fsp3) is 0.208. The molecule has 1 saturated heterocycles. The Morgan fingerprint density at radius 3 is 1.84 bits per heavy atom. The van der Waals surface area contributed by atoms with Crippen molar-refractivity contribution in [2.24, 2.45) is 0 Å². The number of rotatable bonds is 5. The number of ether oxygens (including phenoxy) is 1. The van der Waals surface area contributed by atoms with E-state index in [1.807, 2.05) is 36.4 Å². The first-order valence-corrected chi connectivity index (χ1v) is 10.9. The van der Waals surface area contributed by atoms with E-state index in [0.717, 1.165) is 16.7 Å². The highest BCUT2D eigenvalue weighted by Gasteiger charge is 2.42. The Bertz CT molecular complexity index is 1040. The van der Waals surface area contributed by atoms with Gasteiger partial charge in [-0.05, 0) is 53.1 Å². The Morgan fingerprint density at radius 2 is 1.32 bits per heavy atom. The van der Waals surface area contributed by atoms with Crippen molar-refractivity contribution in [1.29, 1.82) is 0 Å². The molecule has 1 fully saturated rings. The number of morpholine rings is 1. The monoisotopic (exact) mass is 475 g/mol. The van der Waals surface area contributed by atoms with Gasteiger partial charge in [0.25, 0.3) is 0 Å². The second-order valence-corrected chi connectivity index (χ2v) is 8.64. The summed E-state index contributed by atoms with van der Waals surface area (Å²) in [5, 5.41) is 12.1. The van der Waals surface area contributed by atoms with Crippen LogP contribution in [0.4, 0.5) is 0 Å². The molecule has 1 aliphatic rings. The number of benzene rings is 3. The lowest BCUT2D eigenvalue weighted by Crippen LogP contribution is -2.48. The van der Waals surface area contributed by atoms with Gasteiger partial charge in [-0.1, -0.05) is 71.2 Å². The van der Waals surface area contributed by atoms with Gasteiger partial charge in [-0.2, -0.15) is 0 Å². The molecule has 3 aromatic carbocycles. The normalized spacial score (nSPS) is 20.0. The third-order valence-electron chi connectivity index (χ3n) is 5.43. The predicted molar refractivity (Wildman–Crippen MR) is 122 cm³/mol. The minimum absolute atomic E-state index is 0.0958. The summed E-state index contributed by atoms with van der Waals surface area (Å²) >= 11 is 18.2. The van der Waals surface area contributed by atoms with Gasteiger partial charge >= 0.3 is 0 Å². The molecule has 160 valence electrons. The lowest BCUT2D eigenvalue weighted by Gasteiger charge is -2.45. The standard InChI is InChI=1S/C24H20Cl3NO3/c25-18-7-1-15(2-8-18)21(13-29)28-22(30)14-31-24(17-5-11-20(27)12-6-17)23(28)16-3-9-19(26)10-4-16/h1-12,21,23-24,29H,13-14H2/t21?,23-,24+/m0/s1. The number of amides is 1. The summed E-state index contributed by atoms with van der Waals surface area (Å²) in [5.74, 6) is -0.209. The van der Waals surface area contributed by atoms with Gasteiger partial charge < -0.3 is 14.7 Å². The lowest BCUT2D eigenvalue weighted by atomic mass is 9.90. The van der Waals surface area contributed by atoms with E-state index in [0.29, 0.717) is 15.1 Å². The highest BCUT2D eigenvalue weighted by molar-refractivity contribution is 6.31. The number of aliphatic hydroxyl groups is 1. The lowest BCUT2D eigenvalue weighted by molar-refractivity contribution is -0.165. The summed E-state index contributed by atoms with van der Waals surface area (Å²) in [4.78, 5) is 14.8. The van der Waals surface area contributed by atoms with Crippen molar-refractivity contribution < 1.29 is 14.6 Å². The van der Waals surface area contributed by atoms with Crippen LogP contribution in [0.2, 0.25) is 15.1 Å². The molecule has 3 atom stereocenters. The first kappa shape index (κ1) is 22.1. The van der Waals surface area contributed by atoms with E-state index in [1.165, 1.54) is 0 Å². The third-order valence-corrected chi connectivity index (χ3v) is 6.19. The predicted octanol–water partition coefficient (Wildman–Crippen LogP) is 6.02. The van der Waals surface area contributed by atoms with Crippen LogP contribution in [-0.4, -0.2) is 29.1 Å². The van der Waals surface area contributed by atoms with Crippen LogP contribution in [0.15, 0.2) is 72.8 Å². The number of hydrogen-bond acceptors (Lipinski definition) is 3. The Labute approximate surface area is 195 Å². The number of nitrogens with zero attached hydrogens (tertiary/aromatic N) is 1. The van der Waals surface area contributed by atoms with Crippen LogP contribution < -0.4 is 0 Å². The van der Waals surface area contributed by atoms with Crippen LogP contribution in [0, 0.1) is 0 Å². The van der Waals surface area contributed by atoms with Crippen molar-refractivity contribution in [3.63, 3.8) is 0 Å². The van der Waals surface area contributed by atoms with Gasteiger partial charge in [0, 0.05) is 15.1 Å². The fourth-order valence-corrected chi connectivity index (χ4v) is 4.34. The van der Waals surface area contributed by atoms with E-state index < -0.39 is 18.2 Å². The molecular weight excluding hydrogens is 457 g/mol. The zero-order valence-electron chi connectivity index (χ0n) is 16.4. The van der Waals surface area contributed by atoms with Gasteiger partial charge in [0.2, 0.25) is 5.91 Å². The number of carbonyl (C=O) groups excluding carboxylic acids is 1. The fourth-order valence-electron chi connectivity index (χ4n) is 3.96. The summed E-state index contributed by atoms with van der Waals surface area (Å²) in [6.07, 6.45) is -0.447. The minimum atomic E-state index is -0.566. The second kappa shape index (κ2) is 9.60. The Kier molecular flexibility index (Phi) is 6.85. The van der Waals surface area contributed by atoms with Gasteiger partial charge in [-0.3, -0.25) is 4.79 Å². The van der Waals surface area contributed by atoms with E-state index in [4.69, 9.17) is 39.5 Å². The average molecular weight is 477 g/mol. The van der Waals surface area contributed by atoms with E-state index in [9.17, 15) is 9.90 Å². The van der Waals surface area contributed by atoms with Crippen molar-refractivity contribution in [2.75, 3.05) is 13.2 Å². The molecule has 31 heavy (non-hydrogen) atoms. The maximum absolute atomic E-state index is 13.1. The number of carbonyl (C=O) groups is 1. The number of hydrogen-bond donors (Lipinski definition) is 1. The van der Waals surface area contributed by atoms with Crippen LogP contribution in [0.25, 0.3) is 0 Å². The zero-order valence-corrected chi connectivity index (χ0v) is 18.7. The van der Waals surface area contributed by atoms with E-state index >= 15 is 0 Å². The maximum Gasteiger partial charge on any atom is 0.249 e. The van der Waals surface area contributed by atoms with Gasteiger partial charge in [0.05, 0.1) is 18.7 Å². The smallest absolute Gasteiger partial charge is 0.249 e. The molecule has 4 nitrogen and oxygen atoms in total. The van der Waals surface area contributed by atoms with Crippen molar-refractivity contribution in [1.82, 2.24) is 4.90 Å². The van der Waals surface area contributed by atoms with Crippen molar-refractivity contribution >= 4 is 40.7 Å². The summed E-state index contributed by atoms with van der Waals surface area (Å²) in [6.45, 7) is -0.341. The highest BCUT2D eigenvalue weighted by atomic mass is 35.5. The number of halogens is 3. The third kappa shape index (κ3) is 4.74. The van der Waals surface area contributed by atoms with Crippen molar-refractivity contribution in [3.8, 4) is 0 Å². The van der Waals surface area contributed by atoms with Crippen molar-refractivity contribution in [3.05, 3.63) is 105 Å². The molecule has 4 rings (SSSR count). The molecule has 1 unspecified atom stereocenters. The topological polar surface area (TPSA) is 49.8 Å². The molecule has 1 aliphatic heterocycles. The van der Waals surface area contributed by atoms with Gasteiger partial charge in [0.15, 0.2) is 0 Å². The SMILES string of the molecule is O=C1CO[C@H](c2ccc(Cl)cc2)[C@H](c2ccc(Cl)cc2)N1C(CO)c1ccc(Cl)cc1. The molecule has 0 spiro atoms. The quantitative estimate of drug-likeness (QED) is 0.490. The molecule has 0 bridgehead atoms. The minimum Gasteiger partial charge on any atom is -0.394 e. The second-order valence-electron chi connectivity index (χ2n) is 7.33. The molecule has 0 saturated carbocycles. The van der Waals surface area contributed by atoms with Crippen LogP contribution in [-0.2, 0) is 9.53 Å². The van der Waals surface area contributed by atoms with Gasteiger partial charge in [-0.25, -0.2) is 0 Å².